The Balaban J connectivity index is 0.945. The van der Waals surface area contributed by atoms with Crippen LogP contribution in [-0.4, -0.2) is 70.9 Å². The molecule has 0 radical (unpaired) electrons. The summed E-state index contributed by atoms with van der Waals surface area (Å²) in [6.07, 6.45) is 4.75. The molecular weight excluding hydrogens is 710 g/mol. The molecule has 16 heteroatoms. The van der Waals surface area contributed by atoms with Crippen LogP contribution in [0.25, 0.3) is 27.9 Å². The smallest absolute Gasteiger partial charge is 0.329 e. The molecule has 276 valence electrons. The summed E-state index contributed by atoms with van der Waals surface area (Å²) < 4.78 is 33.8. The molecule has 4 aromatic heterocycles. The average Bonchev–Trinajstić information content (AvgIpc) is 3.47. The Kier molecular flexibility index (Phi) is 9.06. The fraction of sp³-hybridized carbons (Fsp3) is 0.154. The number of piperazine rings is 1. The van der Waals surface area contributed by atoms with Crippen LogP contribution in [0.3, 0.4) is 0 Å². The van der Waals surface area contributed by atoms with Gasteiger partial charge in [0.1, 0.15) is 11.6 Å². The van der Waals surface area contributed by atoms with Crippen LogP contribution < -0.4 is 27.0 Å². The quantitative estimate of drug-likeness (QED) is 0.207. The van der Waals surface area contributed by atoms with E-state index in [1.54, 1.807) is 34.0 Å². The number of rotatable bonds is 9. The van der Waals surface area contributed by atoms with Crippen LogP contribution in [0.1, 0.15) is 15.9 Å². The third kappa shape index (κ3) is 6.53. The Bertz CT molecular complexity index is 2790. The number of hydrogen-bond donors (Lipinski definition) is 2. The minimum absolute atomic E-state index is 0.0874. The van der Waals surface area contributed by atoms with Gasteiger partial charge in [-0.05, 0) is 66.2 Å². The number of carbonyl (C=O) groups excluding carboxylic acids is 1. The zero-order chi connectivity index (χ0) is 38.2. The fourth-order valence-electron chi connectivity index (χ4n) is 6.78. The van der Waals surface area contributed by atoms with Crippen molar-refractivity contribution in [1.82, 2.24) is 38.8 Å². The number of nitrogens with zero attached hydrogens (tertiary/aromatic N) is 8. The van der Waals surface area contributed by atoms with Crippen molar-refractivity contribution in [3.8, 4) is 5.82 Å². The second-order valence-electron chi connectivity index (χ2n) is 12.8. The highest BCUT2D eigenvalue weighted by molar-refractivity contribution is 5.95. The van der Waals surface area contributed by atoms with E-state index >= 15 is 4.39 Å². The Labute approximate surface area is 310 Å². The summed E-state index contributed by atoms with van der Waals surface area (Å²) in [4.78, 5) is 70.9. The van der Waals surface area contributed by atoms with Gasteiger partial charge in [0.05, 0.1) is 35.8 Å². The van der Waals surface area contributed by atoms with Gasteiger partial charge in [-0.3, -0.25) is 23.9 Å². The molecule has 0 unspecified atom stereocenters. The molecule has 0 aliphatic carbocycles. The van der Waals surface area contributed by atoms with E-state index in [9.17, 15) is 23.6 Å². The summed E-state index contributed by atoms with van der Waals surface area (Å²) in [6.45, 7) is 5.57. The van der Waals surface area contributed by atoms with Crippen LogP contribution in [-0.2, 0) is 13.1 Å². The highest BCUT2D eigenvalue weighted by Gasteiger charge is 2.25. The molecule has 1 saturated heterocycles. The molecule has 1 fully saturated rings. The molecule has 0 spiro atoms. The summed E-state index contributed by atoms with van der Waals surface area (Å²) >= 11 is 0. The Morgan fingerprint density at radius 2 is 1.71 bits per heavy atom. The molecule has 7 aromatic rings. The van der Waals surface area contributed by atoms with Crippen molar-refractivity contribution in [2.45, 2.75) is 13.1 Å². The van der Waals surface area contributed by atoms with E-state index < -0.39 is 28.8 Å². The standard InChI is InChI=1S/C39H32F2N10O4/c1-2-16-50-38(54)34-35(51(50)32-8-3-4-15-42-32)45-31(22-43-34)44-25-10-12-26(13-11-25)47-17-19-48(20-18-47)37(53)27-21-24(9-14-28(27)40)23-49-30-7-5-6-29(41)33(30)36(52)46-39(49)55/h2-15,21-22H,1,16-20,23H2,(H,44,45)(H,46,52,55). The molecule has 1 aliphatic rings. The maximum atomic E-state index is 15.1. The third-order valence-corrected chi connectivity index (χ3v) is 9.45. The van der Waals surface area contributed by atoms with E-state index in [1.807, 2.05) is 30.3 Å². The maximum Gasteiger partial charge on any atom is 0.329 e. The largest absolute Gasteiger partial charge is 0.368 e. The highest BCUT2D eigenvalue weighted by atomic mass is 19.1. The van der Waals surface area contributed by atoms with Crippen LogP contribution >= 0.6 is 0 Å². The molecule has 55 heavy (non-hydrogen) atoms. The minimum Gasteiger partial charge on any atom is -0.368 e. The van der Waals surface area contributed by atoms with Crippen LogP contribution in [0.4, 0.5) is 26.0 Å². The molecule has 1 aliphatic heterocycles. The Morgan fingerprint density at radius 1 is 0.909 bits per heavy atom. The van der Waals surface area contributed by atoms with Gasteiger partial charge in [0.2, 0.25) is 0 Å². The molecule has 0 saturated carbocycles. The van der Waals surface area contributed by atoms with Gasteiger partial charge in [0, 0.05) is 43.8 Å². The number of allylic oxidation sites excluding steroid dienone is 1. The molecule has 3 aromatic carbocycles. The molecule has 1 amide bonds. The van der Waals surface area contributed by atoms with E-state index in [4.69, 9.17) is 4.98 Å². The van der Waals surface area contributed by atoms with Crippen LogP contribution in [0.15, 0.2) is 118 Å². The predicted molar refractivity (Wildman–Crippen MR) is 203 cm³/mol. The van der Waals surface area contributed by atoms with Crippen LogP contribution in [0, 0.1) is 11.6 Å². The van der Waals surface area contributed by atoms with Gasteiger partial charge in [0.15, 0.2) is 22.8 Å². The summed E-state index contributed by atoms with van der Waals surface area (Å²) in [5.74, 6) is -1.03. The number of H-pyrrole nitrogens is 1. The normalized spacial score (nSPS) is 13.1. The number of anilines is 3. The van der Waals surface area contributed by atoms with E-state index in [-0.39, 0.29) is 40.6 Å². The Morgan fingerprint density at radius 3 is 2.45 bits per heavy atom. The number of halogens is 2. The SMILES string of the molecule is C=CCn1c(=O)c2ncc(Nc3ccc(N4CCN(C(=O)c5cc(Cn6c(=O)[nH]c(=O)c7c(F)cccc76)ccc5F)CC4)cc3)nc2n1-c1ccccn1. The Hall–Kier alpha value is -7.23. The topological polar surface area (TPSA) is 156 Å². The summed E-state index contributed by atoms with van der Waals surface area (Å²) in [6, 6.07) is 21.0. The summed E-state index contributed by atoms with van der Waals surface area (Å²) in [5.41, 5.74) is 0.679. The van der Waals surface area contributed by atoms with E-state index in [0.717, 1.165) is 23.5 Å². The van der Waals surface area contributed by atoms with Gasteiger partial charge in [-0.1, -0.05) is 24.3 Å². The number of benzene rings is 3. The van der Waals surface area contributed by atoms with E-state index in [0.29, 0.717) is 49.0 Å². The van der Waals surface area contributed by atoms with Crippen molar-refractivity contribution in [1.29, 1.82) is 0 Å². The lowest BCUT2D eigenvalue weighted by Gasteiger charge is -2.36. The van der Waals surface area contributed by atoms with Crippen molar-refractivity contribution in [2.24, 2.45) is 0 Å². The fourth-order valence-corrected chi connectivity index (χ4v) is 6.78. The summed E-state index contributed by atoms with van der Waals surface area (Å²) in [5, 5.41) is 2.99. The number of aromatic nitrogens is 7. The molecule has 0 atom stereocenters. The van der Waals surface area contributed by atoms with Crippen molar-refractivity contribution < 1.29 is 13.6 Å². The average molecular weight is 743 g/mol. The number of nitrogens with one attached hydrogen (secondary N) is 2. The lowest BCUT2D eigenvalue weighted by Crippen LogP contribution is -2.49. The summed E-state index contributed by atoms with van der Waals surface area (Å²) in [7, 11) is 0. The zero-order valence-electron chi connectivity index (χ0n) is 29.2. The van der Waals surface area contributed by atoms with Crippen molar-refractivity contribution in [3.63, 3.8) is 0 Å². The molecular formula is C39H32F2N10O4. The van der Waals surface area contributed by atoms with Gasteiger partial charge >= 0.3 is 5.69 Å². The number of amides is 1. The van der Waals surface area contributed by atoms with Gasteiger partial charge in [-0.25, -0.2) is 37.9 Å². The van der Waals surface area contributed by atoms with Crippen LogP contribution in [0.2, 0.25) is 0 Å². The van der Waals surface area contributed by atoms with Crippen molar-refractivity contribution >= 4 is 45.2 Å². The van der Waals surface area contributed by atoms with Crippen LogP contribution in [0.5, 0.6) is 0 Å². The van der Waals surface area contributed by atoms with Gasteiger partial charge < -0.3 is 15.1 Å². The molecule has 8 rings (SSSR count). The minimum atomic E-state index is -0.842. The lowest BCUT2D eigenvalue weighted by atomic mass is 10.1. The first-order valence-corrected chi connectivity index (χ1v) is 17.3. The van der Waals surface area contributed by atoms with Crippen molar-refractivity contribution in [2.75, 3.05) is 36.4 Å². The van der Waals surface area contributed by atoms with E-state index in [2.05, 4.69) is 31.7 Å². The molecule has 14 nitrogen and oxygen atoms in total. The number of carbonyl (C=O) groups is 1. The maximum absolute atomic E-state index is 15.1. The lowest BCUT2D eigenvalue weighted by molar-refractivity contribution is 0.0742. The predicted octanol–water partition coefficient (Wildman–Crippen LogP) is 4.20. The second kappa shape index (κ2) is 14.3. The molecule has 2 N–H and O–H groups in total. The number of fused-ring (bicyclic) bond motifs is 2. The first-order valence-electron chi connectivity index (χ1n) is 17.3. The monoisotopic (exact) mass is 742 g/mol. The molecule has 5 heterocycles. The third-order valence-electron chi connectivity index (χ3n) is 9.45. The number of aromatic amines is 1. The van der Waals surface area contributed by atoms with Gasteiger partial charge in [-0.2, -0.15) is 0 Å². The second-order valence-corrected chi connectivity index (χ2v) is 12.8. The first kappa shape index (κ1) is 34.8. The van der Waals surface area contributed by atoms with E-state index in [1.165, 1.54) is 39.7 Å². The number of hydrogen-bond acceptors (Lipinski definition) is 9. The molecule has 0 bridgehead atoms. The zero-order valence-corrected chi connectivity index (χ0v) is 29.2. The highest BCUT2D eigenvalue weighted by Crippen LogP contribution is 2.24. The van der Waals surface area contributed by atoms with Gasteiger partial charge in [-0.15, -0.1) is 6.58 Å². The first-order chi connectivity index (χ1) is 26.7. The van der Waals surface area contributed by atoms with Crippen molar-refractivity contribution in [3.05, 3.63) is 158 Å². The van der Waals surface area contributed by atoms with Gasteiger partial charge in [0.25, 0.3) is 17.0 Å². The number of pyridine rings is 1.